The number of rotatable bonds is 4. The number of nitrogens with one attached hydrogen (secondary N) is 2. The maximum atomic E-state index is 11.9. The Morgan fingerprint density at radius 3 is 2.88 bits per heavy atom. The van der Waals surface area contributed by atoms with Crippen LogP contribution in [-0.4, -0.2) is 25.0 Å². The summed E-state index contributed by atoms with van der Waals surface area (Å²) in [6.45, 7) is 4.11. The van der Waals surface area contributed by atoms with Gasteiger partial charge in [-0.15, -0.1) is 0 Å². The Morgan fingerprint density at radius 2 is 2.12 bits per heavy atom. The summed E-state index contributed by atoms with van der Waals surface area (Å²) in [5.74, 6) is 1.76. The molecule has 1 aliphatic heterocycles. The van der Waals surface area contributed by atoms with Gasteiger partial charge in [-0.2, -0.15) is 0 Å². The molecule has 1 amide bonds. The fraction of sp³-hybridized carbons (Fsp3) is 0.923. The van der Waals surface area contributed by atoms with E-state index < -0.39 is 0 Å². The Kier molecular flexibility index (Phi) is 4.22. The van der Waals surface area contributed by atoms with E-state index in [0.717, 1.165) is 25.4 Å². The fourth-order valence-electron chi connectivity index (χ4n) is 2.47. The molecular weight excluding hydrogens is 200 g/mol. The zero-order valence-corrected chi connectivity index (χ0v) is 10.3. The highest BCUT2D eigenvalue weighted by molar-refractivity contribution is 5.81. The van der Waals surface area contributed by atoms with Gasteiger partial charge < -0.3 is 10.6 Å². The molecule has 1 saturated heterocycles. The van der Waals surface area contributed by atoms with Gasteiger partial charge in [0.25, 0.3) is 0 Å². The first-order valence-electron chi connectivity index (χ1n) is 6.78. The lowest BCUT2D eigenvalue weighted by atomic mass is 10.1. The second-order valence-corrected chi connectivity index (χ2v) is 5.42. The topological polar surface area (TPSA) is 41.1 Å². The van der Waals surface area contributed by atoms with Crippen LogP contribution >= 0.6 is 0 Å². The van der Waals surface area contributed by atoms with Gasteiger partial charge >= 0.3 is 0 Å². The molecule has 1 saturated carbocycles. The van der Waals surface area contributed by atoms with E-state index in [1.165, 1.54) is 32.1 Å². The van der Waals surface area contributed by atoms with Crippen molar-refractivity contribution in [2.75, 3.05) is 13.1 Å². The highest BCUT2D eigenvalue weighted by Gasteiger charge is 2.28. The Morgan fingerprint density at radius 1 is 1.31 bits per heavy atom. The molecule has 0 aromatic carbocycles. The third-order valence-corrected chi connectivity index (χ3v) is 3.90. The Labute approximate surface area is 98.4 Å². The summed E-state index contributed by atoms with van der Waals surface area (Å²) in [7, 11) is 0. The third-order valence-electron chi connectivity index (χ3n) is 3.90. The van der Waals surface area contributed by atoms with Gasteiger partial charge in [0.1, 0.15) is 0 Å². The van der Waals surface area contributed by atoms with Crippen molar-refractivity contribution in [3.63, 3.8) is 0 Å². The average Bonchev–Trinajstić information content (AvgIpc) is 3.09. The Bertz CT molecular complexity index is 230. The Balaban J connectivity index is 1.68. The van der Waals surface area contributed by atoms with E-state index in [9.17, 15) is 4.79 Å². The van der Waals surface area contributed by atoms with Gasteiger partial charge in [0.05, 0.1) is 6.04 Å². The summed E-state index contributed by atoms with van der Waals surface area (Å²) in [5, 5.41) is 6.44. The van der Waals surface area contributed by atoms with Crippen LogP contribution in [0.2, 0.25) is 0 Å². The third kappa shape index (κ3) is 3.48. The lowest BCUT2D eigenvalue weighted by molar-refractivity contribution is -0.123. The standard InChI is InChI=1S/C13H24N2O/c1-10(11-6-7-11)9-15-13(16)12-5-3-2-4-8-14-12/h10-12,14H,2-9H2,1H3,(H,15,16). The number of carbonyl (C=O) groups excluding carboxylic acids is 1. The van der Waals surface area contributed by atoms with Crippen LogP contribution < -0.4 is 10.6 Å². The van der Waals surface area contributed by atoms with E-state index in [1.54, 1.807) is 0 Å². The van der Waals surface area contributed by atoms with Crippen molar-refractivity contribution in [3.8, 4) is 0 Å². The molecule has 2 N–H and O–H groups in total. The number of amides is 1. The van der Waals surface area contributed by atoms with Crippen LogP contribution in [0, 0.1) is 11.8 Å². The molecule has 3 heteroatoms. The smallest absolute Gasteiger partial charge is 0.237 e. The summed E-state index contributed by atoms with van der Waals surface area (Å²) in [5.41, 5.74) is 0. The quantitative estimate of drug-likeness (QED) is 0.763. The zero-order chi connectivity index (χ0) is 11.4. The molecule has 2 aliphatic rings. The van der Waals surface area contributed by atoms with Gasteiger partial charge in [0.2, 0.25) is 5.91 Å². The first kappa shape index (κ1) is 11.9. The van der Waals surface area contributed by atoms with Crippen LogP contribution in [0.1, 0.15) is 45.4 Å². The van der Waals surface area contributed by atoms with Crippen LogP contribution in [-0.2, 0) is 4.79 Å². The van der Waals surface area contributed by atoms with E-state index in [-0.39, 0.29) is 11.9 Å². The average molecular weight is 224 g/mol. The highest BCUT2D eigenvalue weighted by atomic mass is 16.2. The van der Waals surface area contributed by atoms with Crippen LogP contribution in [0.3, 0.4) is 0 Å². The van der Waals surface area contributed by atoms with Crippen molar-refractivity contribution in [2.45, 2.75) is 51.5 Å². The van der Waals surface area contributed by atoms with E-state index in [2.05, 4.69) is 17.6 Å². The highest BCUT2D eigenvalue weighted by Crippen LogP contribution is 2.36. The first-order chi connectivity index (χ1) is 7.77. The molecule has 2 fully saturated rings. The number of hydrogen-bond acceptors (Lipinski definition) is 2. The van der Waals surface area contributed by atoms with Crippen molar-refractivity contribution in [1.29, 1.82) is 0 Å². The van der Waals surface area contributed by atoms with E-state index in [1.807, 2.05) is 0 Å². The van der Waals surface area contributed by atoms with Crippen LogP contribution in [0.4, 0.5) is 0 Å². The minimum atomic E-state index is 0.0638. The normalized spacial score (nSPS) is 28.2. The lowest BCUT2D eigenvalue weighted by Crippen LogP contribution is -2.45. The van der Waals surface area contributed by atoms with Crippen molar-refractivity contribution >= 4 is 5.91 Å². The second kappa shape index (κ2) is 5.67. The molecule has 2 atom stereocenters. The maximum Gasteiger partial charge on any atom is 0.237 e. The lowest BCUT2D eigenvalue weighted by Gasteiger charge is -2.17. The van der Waals surface area contributed by atoms with Crippen molar-refractivity contribution in [2.24, 2.45) is 11.8 Å². The molecule has 0 aromatic rings. The van der Waals surface area contributed by atoms with Crippen LogP contribution in [0.15, 0.2) is 0 Å². The van der Waals surface area contributed by atoms with Gasteiger partial charge in [0.15, 0.2) is 0 Å². The van der Waals surface area contributed by atoms with E-state index in [4.69, 9.17) is 0 Å². The maximum absolute atomic E-state index is 11.9. The largest absolute Gasteiger partial charge is 0.354 e. The molecule has 1 aliphatic carbocycles. The minimum Gasteiger partial charge on any atom is -0.354 e. The van der Waals surface area contributed by atoms with Crippen LogP contribution in [0.25, 0.3) is 0 Å². The van der Waals surface area contributed by atoms with E-state index in [0.29, 0.717) is 5.92 Å². The summed E-state index contributed by atoms with van der Waals surface area (Å²) >= 11 is 0. The first-order valence-corrected chi connectivity index (χ1v) is 6.78. The van der Waals surface area contributed by atoms with Crippen molar-refractivity contribution < 1.29 is 4.79 Å². The molecule has 0 radical (unpaired) electrons. The minimum absolute atomic E-state index is 0.0638. The summed E-state index contributed by atoms with van der Waals surface area (Å²) in [6.07, 6.45) is 7.38. The molecule has 3 nitrogen and oxygen atoms in total. The van der Waals surface area contributed by atoms with Gasteiger partial charge in [0, 0.05) is 6.54 Å². The monoisotopic (exact) mass is 224 g/mol. The predicted molar refractivity (Wildman–Crippen MR) is 65.2 cm³/mol. The molecule has 0 spiro atoms. The summed E-state index contributed by atoms with van der Waals surface area (Å²) in [4.78, 5) is 11.9. The predicted octanol–water partition coefficient (Wildman–Crippen LogP) is 1.68. The SMILES string of the molecule is CC(CNC(=O)C1CCCCCN1)C1CC1. The van der Waals surface area contributed by atoms with Gasteiger partial charge in [-0.1, -0.05) is 19.8 Å². The van der Waals surface area contributed by atoms with E-state index >= 15 is 0 Å². The van der Waals surface area contributed by atoms with Gasteiger partial charge in [-0.25, -0.2) is 0 Å². The van der Waals surface area contributed by atoms with Crippen molar-refractivity contribution in [1.82, 2.24) is 10.6 Å². The Hall–Kier alpha value is -0.570. The van der Waals surface area contributed by atoms with Gasteiger partial charge in [-0.3, -0.25) is 4.79 Å². The molecular formula is C13H24N2O. The van der Waals surface area contributed by atoms with Gasteiger partial charge in [-0.05, 0) is 44.1 Å². The molecule has 2 rings (SSSR count). The molecule has 92 valence electrons. The molecule has 0 aromatic heterocycles. The number of hydrogen-bond donors (Lipinski definition) is 2. The second-order valence-electron chi connectivity index (χ2n) is 5.42. The van der Waals surface area contributed by atoms with Crippen molar-refractivity contribution in [3.05, 3.63) is 0 Å². The fourth-order valence-corrected chi connectivity index (χ4v) is 2.47. The molecule has 1 heterocycles. The zero-order valence-electron chi connectivity index (χ0n) is 10.3. The number of carbonyl (C=O) groups is 1. The summed E-state index contributed by atoms with van der Waals surface area (Å²) < 4.78 is 0. The molecule has 2 unspecified atom stereocenters. The van der Waals surface area contributed by atoms with Crippen LogP contribution in [0.5, 0.6) is 0 Å². The summed E-state index contributed by atoms with van der Waals surface area (Å²) in [6, 6.07) is 0.0638. The molecule has 0 bridgehead atoms. The molecule has 16 heavy (non-hydrogen) atoms.